The molecule has 6 aromatic rings. The predicted molar refractivity (Wildman–Crippen MR) is 156 cm³/mol. The van der Waals surface area contributed by atoms with E-state index < -0.39 is 0 Å². The molecule has 1 unspecified atom stereocenters. The Morgan fingerprint density at radius 2 is 1.35 bits per heavy atom. The molecule has 1 heterocycles. The number of allylic oxidation sites excluding steroid dienone is 2. The zero-order chi connectivity index (χ0) is 24.8. The summed E-state index contributed by atoms with van der Waals surface area (Å²) in [6.45, 7) is 4.64. The number of benzene rings is 5. The molecule has 0 N–H and O–H groups in total. The summed E-state index contributed by atoms with van der Waals surface area (Å²) < 4.78 is 0. The molecule has 37 heavy (non-hydrogen) atoms. The van der Waals surface area contributed by atoms with Gasteiger partial charge in [-0.1, -0.05) is 128 Å². The molecule has 0 saturated carbocycles. The minimum Gasteiger partial charge on any atom is -0.256 e. The monoisotopic (exact) mass is 471 g/mol. The maximum atomic E-state index is 4.70. The lowest BCUT2D eigenvalue weighted by atomic mass is 9.74. The molecule has 0 bridgehead atoms. The van der Waals surface area contributed by atoms with Gasteiger partial charge in [0, 0.05) is 23.1 Å². The molecule has 0 fully saturated rings. The van der Waals surface area contributed by atoms with E-state index in [0.717, 1.165) is 22.0 Å². The number of pyridine rings is 1. The van der Waals surface area contributed by atoms with Crippen LogP contribution in [0.3, 0.4) is 0 Å². The van der Waals surface area contributed by atoms with Gasteiger partial charge >= 0.3 is 0 Å². The molecule has 0 radical (unpaired) electrons. The first kappa shape index (κ1) is 21.5. The summed E-state index contributed by atoms with van der Waals surface area (Å²) >= 11 is 0. The van der Waals surface area contributed by atoms with Gasteiger partial charge in [0.15, 0.2) is 0 Å². The van der Waals surface area contributed by atoms with Gasteiger partial charge in [0.2, 0.25) is 0 Å². The van der Waals surface area contributed by atoms with E-state index in [1.165, 1.54) is 44.2 Å². The van der Waals surface area contributed by atoms with E-state index in [9.17, 15) is 0 Å². The average molecular weight is 472 g/mol. The lowest BCUT2D eigenvalue weighted by Gasteiger charge is -2.29. The van der Waals surface area contributed by atoms with Crippen molar-refractivity contribution >= 4 is 32.8 Å². The first-order valence-corrected chi connectivity index (χ1v) is 12.7. The standard InChI is InChI=1S/C36H25N/c1-24-30-20-19-26-12-5-6-17-31(26)35(30)34(25-10-3-2-4-11-25)23-33(24)29-15-7-14-28(22-29)32-18-8-13-27-16-9-21-37-36(27)32/h2-23,33H,1H2. The lowest BCUT2D eigenvalue weighted by molar-refractivity contribution is 1.09. The van der Waals surface area contributed by atoms with Crippen LogP contribution in [0.1, 0.15) is 28.2 Å². The zero-order valence-corrected chi connectivity index (χ0v) is 20.4. The molecule has 1 nitrogen and oxygen atoms in total. The highest BCUT2D eigenvalue weighted by atomic mass is 14.6. The number of aromatic nitrogens is 1. The van der Waals surface area contributed by atoms with Crippen molar-refractivity contribution in [3.8, 4) is 11.1 Å². The fourth-order valence-electron chi connectivity index (χ4n) is 5.74. The summed E-state index contributed by atoms with van der Waals surface area (Å²) in [5, 5.41) is 3.67. The normalized spacial score (nSPS) is 15.0. The van der Waals surface area contributed by atoms with Crippen LogP contribution in [0.15, 0.2) is 140 Å². The second-order valence-corrected chi connectivity index (χ2v) is 9.66. The molecule has 1 aliphatic rings. The van der Waals surface area contributed by atoms with Crippen LogP contribution >= 0.6 is 0 Å². The maximum Gasteiger partial charge on any atom is 0.0780 e. The van der Waals surface area contributed by atoms with E-state index in [0.29, 0.717) is 0 Å². The van der Waals surface area contributed by atoms with Crippen molar-refractivity contribution in [2.24, 2.45) is 0 Å². The van der Waals surface area contributed by atoms with Crippen LogP contribution in [0, 0.1) is 0 Å². The van der Waals surface area contributed by atoms with E-state index in [1.54, 1.807) is 0 Å². The average Bonchev–Trinajstić information content (AvgIpc) is 2.97. The van der Waals surface area contributed by atoms with Crippen LogP contribution < -0.4 is 0 Å². The summed E-state index contributed by atoms with van der Waals surface area (Å²) in [5.41, 5.74) is 10.7. The highest BCUT2D eigenvalue weighted by Crippen LogP contribution is 2.47. The van der Waals surface area contributed by atoms with Crippen LogP contribution in [-0.4, -0.2) is 4.98 Å². The van der Waals surface area contributed by atoms with Gasteiger partial charge < -0.3 is 0 Å². The van der Waals surface area contributed by atoms with Gasteiger partial charge in [-0.05, 0) is 55.8 Å². The van der Waals surface area contributed by atoms with Crippen molar-refractivity contribution in [1.29, 1.82) is 0 Å². The molecular weight excluding hydrogens is 446 g/mol. The summed E-state index contributed by atoms with van der Waals surface area (Å²) in [5.74, 6) is 0.0757. The van der Waals surface area contributed by atoms with Crippen LogP contribution in [0.4, 0.5) is 0 Å². The summed E-state index contributed by atoms with van der Waals surface area (Å²) in [7, 11) is 0. The van der Waals surface area contributed by atoms with Crippen LogP contribution in [0.2, 0.25) is 0 Å². The Morgan fingerprint density at radius 3 is 2.27 bits per heavy atom. The quantitative estimate of drug-likeness (QED) is 0.251. The van der Waals surface area contributed by atoms with Crippen LogP contribution in [0.25, 0.3) is 43.9 Å². The van der Waals surface area contributed by atoms with E-state index >= 15 is 0 Å². The second-order valence-electron chi connectivity index (χ2n) is 9.66. The van der Waals surface area contributed by atoms with Gasteiger partial charge in [-0.25, -0.2) is 0 Å². The first-order valence-electron chi connectivity index (χ1n) is 12.7. The largest absolute Gasteiger partial charge is 0.256 e. The molecule has 0 amide bonds. The fraction of sp³-hybridized carbons (Fsp3) is 0.0278. The van der Waals surface area contributed by atoms with Gasteiger partial charge in [0.05, 0.1) is 5.52 Å². The molecule has 1 aliphatic carbocycles. The van der Waals surface area contributed by atoms with E-state index in [4.69, 9.17) is 4.98 Å². The third-order valence-electron chi connectivity index (χ3n) is 7.53. The van der Waals surface area contributed by atoms with E-state index in [-0.39, 0.29) is 5.92 Å². The van der Waals surface area contributed by atoms with E-state index in [1.807, 2.05) is 12.3 Å². The van der Waals surface area contributed by atoms with Gasteiger partial charge in [0.25, 0.3) is 0 Å². The topological polar surface area (TPSA) is 12.9 Å². The summed E-state index contributed by atoms with van der Waals surface area (Å²) in [6.07, 6.45) is 4.28. The van der Waals surface area contributed by atoms with Gasteiger partial charge in [-0.15, -0.1) is 0 Å². The number of rotatable bonds is 3. The summed E-state index contributed by atoms with van der Waals surface area (Å²) in [4.78, 5) is 4.70. The lowest BCUT2D eigenvalue weighted by Crippen LogP contribution is -2.09. The van der Waals surface area contributed by atoms with E-state index in [2.05, 4.69) is 128 Å². The number of nitrogens with zero attached hydrogens (tertiary/aromatic N) is 1. The number of hydrogen-bond acceptors (Lipinski definition) is 1. The minimum absolute atomic E-state index is 0.0757. The third kappa shape index (κ3) is 3.59. The van der Waals surface area contributed by atoms with Gasteiger partial charge in [-0.2, -0.15) is 0 Å². The second kappa shape index (κ2) is 8.72. The molecule has 1 atom stereocenters. The maximum absolute atomic E-state index is 4.70. The van der Waals surface area contributed by atoms with Crippen molar-refractivity contribution in [3.05, 3.63) is 162 Å². The molecule has 7 rings (SSSR count). The smallest absolute Gasteiger partial charge is 0.0780 e. The number of para-hydroxylation sites is 1. The number of fused-ring (bicyclic) bond motifs is 4. The Morgan fingerprint density at radius 1 is 0.595 bits per heavy atom. The van der Waals surface area contributed by atoms with Crippen molar-refractivity contribution in [2.75, 3.05) is 0 Å². The van der Waals surface area contributed by atoms with Crippen molar-refractivity contribution in [2.45, 2.75) is 5.92 Å². The predicted octanol–water partition coefficient (Wildman–Crippen LogP) is 9.30. The van der Waals surface area contributed by atoms with Crippen molar-refractivity contribution in [1.82, 2.24) is 4.98 Å². The van der Waals surface area contributed by atoms with Crippen LogP contribution in [0.5, 0.6) is 0 Å². The SMILES string of the molecule is C=C1c2ccc3ccccc3c2C(c2ccccc2)=CC1c1cccc(-c2cccc3cccnc23)c1. The fourth-order valence-corrected chi connectivity index (χ4v) is 5.74. The Hall–Kier alpha value is -4.75. The Balaban J connectivity index is 1.43. The van der Waals surface area contributed by atoms with Gasteiger partial charge in [-0.3, -0.25) is 4.98 Å². The Labute approximate surface area is 217 Å². The Bertz CT molecular complexity index is 1840. The highest BCUT2D eigenvalue weighted by Gasteiger charge is 2.27. The van der Waals surface area contributed by atoms with Crippen molar-refractivity contribution < 1.29 is 0 Å². The van der Waals surface area contributed by atoms with Gasteiger partial charge in [0.1, 0.15) is 0 Å². The summed E-state index contributed by atoms with van der Waals surface area (Å²) in [6, 6.07) is 43.2. The Kier molecular flexibility index (Phi) is 5.08. The highest BCUT2D eigenvalue weighted by molar-refractivity contribution is 6.05. The zero-order valence-electron chi connectivity index (χ0n) is 20.4. The molecular formula is C36H25N. The molecule has 0 spiro atoms. The molecule has 174 valence electrons. The minimum atomic E-state index is 0.0757. The number of hydrogen-bond donors (Lipinski definition) is 0. The third-order valence-corrected chi connectivity index (χ3v) is 7.53. The molecule has 0 aliphatic heterocycles. The molecule has 1 aromatic heterocycles. The molecule has 1 heteroatoms. The molecule has 0 saturated heterocycles. The first-order chi connectivity index (χ1) is 18.3. The van der Waals surface area contributed by atoms with Crippen molar-refractivity contribution in [3.63, 3.8) is 0 Å². The molecule has 5 aromatic carbocycles. The van der Waals surface area contributed by atoms with Crippen LogP contribution in [-0.2, 0) is 0 Å².